The van der Waals surface area contributed by atoms with E-state index in [1.165, 1.54) is 13.2 Å². The number of rotatable bonds is 9. The first-order valence-electron chi connectivity index (χ1n) is 10.3. The summed E-state index contributed by atoms with van der Waals surface area (Å²) in [6, 6.07) is 3.14. The number of pyridine rings is 1. The Bertz CT molecular complexity index is 1180. The van der Waals surface area contributed by atoms with Crippen molar-refractivity contribution in [3.05, 3.63) is 29.1 Å². The topological polar surface area (TPSA) is 108 Å². The van der Waals surface area contributed by atoms with Crippen LogP contribution in [0.1, 0.15) is 71.9 Å². The Kier molecular flexibility index (Phi) is 6.58. The molecule has 8 nitrogen and oxygen atoms in total. The maximum atomic E-state index is 12.9. The van der Waals surface area contributed by atoms with Crippen LogP contribution in [0.4, 0.5) is 0 Å². The molecule has 0 bridgehead atoms. The molecule has 2 heterocycles. The lowest BCUT2D eigenvalue weighted by Crippen LogP contribution is -2.11. The summed E-state index contributed by atoms with van der Waals surface area (Å²) in [7, 11) is 1.47. The fourth-order valence-corrected chi connectivity index (χ4v) is 3.56. The second-order valence-corrected chi connectivity index (χ2v) is 6.82. The summed E-state index contributed by atoms with van der Waals surface area (Å²) in [5.74, 6) is -0.214. The second-order valence-electron chi connectivity index (χ2n) is 6.82. The summed E-state index contributed by atoms with van der Waals surface area (Å²) in [5, 5.41) is 1.09. The molecule has 164 valence electrons. The lowest BCUT2D eigenvalue weighted by molar-refractivity contribution is 0.0519. The third kappa shape index (κ3) is 3.85. The van der Waals surface area contributed by atoms with Crippen LogP contribution in [-0.2, 0) is 4.74 Å². The molecule has 8 heteroatoms. The predicted octanol–water partition coefficient (Wildman–Crippen LogP) is 4.49. The quantitative estimate of drug-likeness (QED) is 0.397. The Morgan fingerprint density at radius 3 is 2.26 bits per heavy atom. The third-order valence-corrected chi connectivity index (χ3v) is 4.97. The van der Waals surface area contributed by atoms with E-state index in [2.05, 4.69) is 9.97 Å². The van der Waals surface area contributed by atoms with E-state index in [1.807, 2.05) is 6.92 Å². The molecule has 0 spiro atoms. The van der Waals surface area contributed by atoms with E-state index in [9.17, 15) is 14.4 Å². The van der Waals surface area contributed by atoms with Gasteiger partial charge in [-0.3, -0.25) is 9.59 Å². The van der Waals surface area contributed by atoms with Crippen molar-refractivity contribution in [2.45, 2.75) is 40.5 Å². The van der Waals surface area contributed by atoms with E-state index in [4.69, 9.17) is 14.2 Å². The number of carbonyl (C=O) groups is 3. The number of Topliss-reactive ketones (excluding diaryl/α,β-unsaturated/α-hetero) is 2. The number of methoxy groups -OCH3 is 1. The molecule has 1 N–H and O–H groups in total. The molecule has 31 heavy (non-hydrogen) atoms. The summed E-state index contributed by atoms with van der Waals surface area (Å²) >= 11 is 0. The molecular formula is C23H26N2O6. The molecule has 2 aromatic heterocycles. The van der Waals surface area contributed by atoms with Gasteiger partial charge in [-0.1, -0.05) is 13.8 Å². The largest absolute Gasteiger partial charge is 0.491 e. The molecule has 3 rings (SSSR count). The first kappa shape index (κ1) is 22.3. The molecule has 0 saturated carbocycles. The molecule has 3 aromatic rings. The standard InChI is InChI=1S/C23H26N2O6/c1-6-16(26)12-10-15(23(28)31-9-4)25-20-18(12)19-13(11-14(24-19)17(27)7-2)21(30-8-3)22(20)29-5/h10-11,24H,6-9H2,1-5H3. The SMILES string of the molecule is CCOC(=O)c1cc(C(=O)CC)c2c(n1)c(OC)c(OCC)c1cc(C(=O)CC)[nH]c12. The highest BCUT2D eigenvalue weighted by Crippen LogP contribution is 2.44. The Morgan fingerprint density at radius 1 is 0.968 bits per heavy atom. The van der Waals surface area contributed by atoms with Crippen molar-refractivity contribution in [3.63, 3.8) is 0 Å². The number of aromatic nitrogens is 2. The number of fused-ring (bicyclic) bond motifs is 3. The van der Waals surface area contributed by atoms with Gasteiger partial charge in [0.15, 0.2) is 23.1 Å². The van der Waals surface area contributed by atoms with Gasteiger partial charge in [0, 0.05) is 29.2 Å². The summed E-state index contributed by atoms with van der Waals surface area (Å²) in [6.45, 7) is 7.55. The smallest absolute Gasteiger partial charge is 0.356 e. The van der Waals surface area contributed by atoms with E-state index in [1.54, 1.807) is 26.8 Å². The minimum Gasteiger partial charge on any atom is -0.491 e. The number of nitrogens with one attached hydrogen (secondary N) is 1. The van der Waals surface area contributed by atoms with E-state index in [0.717, 1.165) is 0 Å². The van der Waals surface area contributed by atoms with Crippen LogP contribution in [0.15, 0.2) is 12.1 Å². The van der Waals surface area contributed by atoms with Crippen molar-refractivity contribution in [1.82, 2.24) is 9.97 Å². The highest BCUT2D eigenvalue weighted by atomic mass is 16.5. The summed E-state index contributed by atoms with van der Waals surface area (Å²) in [5.41, 5.74) is 1.54. The van der Waals surface area contributed by atoms with Gasteiger partial charge in [-0.05, 0) is 26.0 Å². The highest BCUT2D eigenvalue weighted by molar-refractivity contribution is 6.21. The molecule has 0 amide bonds. The number of ether oxygens (including phenoxy) is 3. The first-order chi connectivity index (χ1) is 14.9. The zero-order chi connectivity index (χ0) is 22.7. The molecule has 0 radical (unpaired) electrons. The number of H-pyrrole nitrogens is 1. The number of benzene rings is 1. The van der Waals surface area contributed by atoms with Crippen LogP contribution >= 0.6 is 0 Å². The van der Waals surface area contributed by atoms with Crippen molar-refractivity contribution in [1.29, 1.82) is 0 Å². The maximum absolute atomic E-state index is 12.9. The molecule has 0 aliphatic carbocycles. The number of carbonyl (C=O) groups excluding carboxylic acids is 3. The molecule has 0 aliphatic heterocycles. The second kappa shape index (κ2) is 9.16. The molecule has 0 aliphatic rings. The van der Waals surface area contributed by atoms with Gasteiger partial charge in [0.25, 0.3) is 0 Å². The predicted molar refractivity (Wildman–Crippen MR) is 117 cm³/mol. The van der Waals surface area contributed by atoms with Crippen LogP contribution in [0.5, 0.6) is 11.5 Å². The van der Waals surface area contributed by atoms with Crippen molar-refractivity contribution in [2.24, 2.45) is 0 Å². The lowest BCUT2D eigenvalue weighted by atomic mass is 9.99. The van der Waals surface area contributed by atoms with Gasteiger partial charge in [0.1, 0.15) is 11.2 Å². The van der Waals surface area contributed by atoms with E-state index in [0.29, 0.717) is 46.3 Å². The van der Waals surface area contributed by atoms with Crippen LogP contribution in [0.2, 0.25) is 0 Å². The molecule has 0 saturated heterocycles. The number of nitrogens with zero attached hydrogens (tertiary/aromatic N) is 1. The summed E-state index contributed by atoms with van der Waals surface area (Å²) in [4.78, 5) is 45.3. The number of esters is 1. The van der Waals surface area contributed by atoms with Gasteiger partial charge < -0.3 is 19.2 Å². The first-order valence-corrected chi connectivity index (χ1v) is 10.3. The minimum atomic E-state index is -0.636. The van der Waals surface area contributed by atoms with Crippen molar-refractivity contribution < 1.29 is 28.6 Å². The fourth-order valence-electron chi connectivity index (χ4n) is 3.56. The molecule has 1 aromatic carbocycles. The van der Waals surface area contributed by atoms with Gasteiger partial charge in [0.2, 0.25) is 0 Å². The zero-order valence-electron chi connectivity index (χ0n) is 18.4. The van der Waals surface area contributed by atoms with E-state index < -0.39 is 5.97 Å². The van der Waals surface area contributed by atoms with E-state index >= 15 is 0 Å². The number of ketones is 2. The molecule has 0 fully saturated rings. The number of hydrogen-bond donors (Lipinski definition) is 1. The van der Waals surface area contributed by atoms with Crippen LogP contribution in [0.3, 0.4) is 0 Å². The van der Waals surface area contributed by atoms with Crippen molar-refractivity contribution in [3.8, 4) is 11.5 Å². The summed E-state index contributed by atoms with van der Waals surface area (Å²) < 4.78 is 16.6. The number of hydrogen-bond acceptors (Lipinski definition) is 7. The van der Waals surface area contributed by atoms with Crippen LogP contribution < -0.4 is 9.47 Å². The maximum Gasteiger partial charge on any atom is 0.356 e. The highest BCUT2D eigenvalue weighted by Gasteiger charge is 2.26. The van der Waals surface area contributed by atoms with Crippen LogP contribution in [0, 0.1) is 0 Å². The Labute approximate surface area is 179 Å². The van der Waals surface area contributed by atoms with E-state index in [-0.39, 0.29) is 41.6 Å². The summed E-state index contributed by atoms with van der Waals surface area (Å²) in [6.07, 6.45) is 0.539. The van der Waals surface area contributed by atoms with Crippen LogP contribution in [0.25, 0.3) is 21.8 Å². The Hall–Kier alpha value is -3.42. The van der Waals surface area contributed by atoms with Crippen molar-refractivity contribution >= 4 is 39.3 Å². The van der Waals surface area contributed by atoms with Gasteiger partial charge in [-0.15, -0.1) is 0 Å². The Balaban J connectivity index is 2.54. The Morgan fingerprint density at radius 2 is 1.68 bits per heavy atom. The minimum absolute atomic E-state index is 0.00247. The van der Waals surface area contributed by atoms with Gasteiger partial charge in [-0.2, -0.15) is 0 Å². The van der Waals surface area contributed by atoms with Crippen molar-refractivity contribution in [2.75, 3.05) is 20.3 Å². The molecule has 0 atom stereocenters. The third-order valence-electron chi connectivity index (χ3n) is 4.97. The fraction of sp³-hybridized carbons (Fsp3) is 0.391. The number of aromatic amines is 1. The van der Waals surface area contributed by atoms with Gasteiger partial charge in [0.05, 0.1) is 31.5 Å². The average molecular weight is 426 g/mol. The average Bonchev–Trinajstić information content (AvgIpc) is 3.23. The molecular weight excluding hydrogens is 400 g/mol. The van der Waals surface area contributed by atoms with Gasteiger partial charge in [-0.25, -0.2) is 9.78 Å². The monoisotopic (exact) mass is 426 g/mol. The normalized spacial score (nSPS) is 11.0. The van der Waals surface area contributed by atoms with Gasteiger partial charge >= 0.3 is 5.97 Å². The zero-order valence-corrected chi connectivity index (χ0v) is 18.4. The molecule has 0 unspecified atom stereocenters. The lowest BCUT2D eigenvalue weighted by Gasteiger charge is -2.16. The van der Waals surface area contributed by atoms with Crippen LogP contribution in [-0.4, -0.2) is 47.8 Å².